The van der Waals surface area contributed by atoms with Gasteiger partial charge in [0.15, 0.2) is 0 Å². The molecule has 0 fully saturated rings. The van der Waals surface area contributed by atoms with E-state index in [1.54, 1.807) is 0 Å². The third-order valence-corrected chi connectivity index (χ3v) is 3.40. The predicted molar refractivity (Wildman–Crippen MR) is 64.0 cm³/mol. The van der Waals surface area contributed by atoms with Gasteiger partial charge in [-0.05, 0) is 25.0 Å². The minimum Gasteiger partial charge on any atom is -0.308 e. The maximum Gasteiger partial charge on any atom is 0.0596 e. The first-order valence-corrected chi connectivity index (χ1v) is 5.35. The van der Waals surface area contributed by atoms with E-state index in [2.05, 4.69) is 68.3 Å². The van der Waals surface area contributed by atoms with E-state index >= 15 is 0 Å². The maximum absolute atomic E-state index is 2.26. The van der Waals surface area contributed by atoms with Crippen LogP contribution >= 0.6 is 0 Å². The lowest BCUT2D eigenvalue weighted by Gasteiger charge is -2.27. The zero-order chi connectivity index (χ0) is 11.0. The molecule has 1 aliphatic rings. The van der Waals surface area contributed by atoms with Gasteiger partial charge in [-0.1, -0.05) is 30.3 Å². The number of nitrogens with zero attached hydrogens (tertiary/aromatic N) is 2. The van der Waals surface area contributed by atoms with Crippen LogP contribution in [0.4, 0.5) is 0 Å². The van der Waals surface area contributed by atoms with Gasteiger partial charge >= 0.3 is 0 Å². The Balaban J connectivity index is 2.45. The summed E-state index contributed by atoms with van der Waals surface area (Å²) in [4.78, 5) is 0. The van der Waals surface area contributed by atoms with E-state index in [9.17, 15) is 0 Å². The van der Waals surface area contributed by atoms with Crippen molar-refractivity contribution < 1.29 is 0 Å². The highest BCUT2D eigenvalue weighted by Gasteiger charge is 2.28. The van der Waals surface area contributed by atoms with Gasteiger partial charge in [-0.2, -0.15) is 0 Å². The molecule has 1 heterocycles. The smallest absolute Gasteiger partial charge is 0.0596 e. The molecule has 0 aliphatic carbocycles. The summed E-state index contributed by atoms with van der Waals surface area (Å²) in [5.74, 6) is 0. The number of likely N-dealkylation sites (N-methyl/N-ethyl adjacent to an activating group) is 1. The van der Waals surface area contributed by atoms with Gasteiger partial charge in [0, 0.05) is 20.1 Å². The van der Waals surface area contributed by atoms with E-state index < -0.39 is 0 Å². The van der Waals surface area contributed by atoms with E-state index in [4.69, 9.17) is 0 Å². The third kappa shape index (κ3) is 1.55. The fourth-order valence-electron chi connectivity index (χ4n) is 2.16. The van der Waals surface area contributed by atoms with Crippen molar-refractivity contribution in [1.29, 1.82) is 0 Å². The van der Waals surface area contributed by atoms with Crippen molar-refractivity contribution in [1.82, 2.24) is 10.0 Å². The van der Waals surface area contributed by atoms with E-state index in [0.29, 0.717) is 6.04 Å². The SMILES string of the molecule is CC1=C(c2ccccc2)N(C)N(C)C1C. The van der Waals surface area contributed by atoms with Crippen LogP contribution in [0.25, 0.3) is 5.70 Å². The average molecular weight is 202 g/mol. The van der Waals surface area contributed by atoms with Gasteiger partial charge in [0.1, 0.15) is 0 Å². The fourth-order valence-corrected chi connectivity index (χ4v) is 2.16. The molecule has 0 amide bonds. The van der Waals surface area contributed by atoms with Crippen LogP contribution in [-0.2, 0) is 0 Å². The summed E-state index contributed by atoms with van der Waals surface area (Å²) in [6.45, 7) is 4.45. The first kappa shape index (κ1) is 10.2. The molecule has 0 saturated heterocycles. The fraction of sp³-hybridized carbons (Fsp3) is 0.385. The van der Waals surface area contributed by atoms with Gasteiger partial charge < -0.3 is 5.01 Å². The van der Waals surface area contributed by atoms with Crippen molar-refractivity contribution >= 4 is 5.70 Å². The lowest BCUT2D eigenvalue weighted by molar-refractivity contribution is 0.0885. The summed E-state index contributed by atoms with van der Waals surface area (Å²) in [5, 5.41) is 4.49. The van der Waals surface area contributed by atoms with Crippen LogP contribution in [0, 0.1) is 0 Å². The lowest BCUT2D eigenvalue weighted by Crippen LogP contribution is -2.34. The topological polar surface area (TPSA) is 6.48 Å². The minimum absolute atomic E-state index is 0.491. The first-order chi connectivity index (χ1) is 7.13. The van der Waals surface area contributed by atoms with Crippen molar-refractivity contribution in [3.05, 3.63) is 41.5 Å². The highest BCUT2D eigenvalue weighted by atomic mass is 15.6. The summed E-state index contributed by atoms with van der Waals surface area (Å²) in [6, 6.07) is 11.1. The van der Waals surface area contributed by atoms with Crippen LogP contribution in [0.3, 0.4) is 0 Å². The van der Waals surface area contributed by atoms with E-state index in [1.807, 2.05) is 0 Å². The summed E-state index contributed by atoms with van der Waals surface area (Å²) >= 11 is 0. The van der Waals surface area contributed by atoms with Gasteiger partial charge in [0.25, 0.3) is 0 Å². The number of hydrogen-bond acceptors (Lipinski definition) is 2. The molecule has 1 aliphatic heterocycles. The molecular weight excluding hydrogens is 184 g/mol. The maximum atomic E-state index is 2.26. The summed E-state index contributed by atoms with van der Waals surface area (Å²) < 4.78 is 0. The van der Waals surface area contributed by atoms with Gasteiger partial charge in [-0.25, -0.2) is 5.01 Å². The molecule has 0 bridgehead atoms. The zero-order valence-corrected chi connectivity index (χ0v) is 9.86. The molecule has 1 aromatic rings. The largest absolute Gasteiger partial charge is 0.308 e. The lowest BCUT2D eigenvalue weighted by atomic mass is 10.0. The Kier molecular flexibility index (Phi) is 2.53. The second kappa shape index (κ2) is 3.70. The van der Waals surface area contributed by atoms with Crippen LogP contribution in [0.1, 0.15) is 19.4 Å². The highest BCUT2D eigenvalue weighted by Crippen LogP contribution is 2.32. The molecule has 0 N–H and O–H groups in total. The number of hydrogen-bond donors (Lipinski definition) is 0. The van der Waals surface area contributed by atoms with Crippen LogP contribution in [-0.4, -0.2) is 30.2 Å². The van der Waals surface area contributed by atoms with Gasteiger partial charge in [-0.15, -0.1) is 0 Å². The van der Waals surface area contributed by atoms with Crippen molar-refractivity contribution in [2.24, 2.45) is 0 Å². The van der Waals surface area contributed by atoms with E-state index in [0.717, 1.165) is 0 Å². The summed E-state index contributed by atoms with van der Waals surface area (Å²) in [7, 11) is 4.25. The van der Waals surface area contributed by atoms with Crippen molar-refractivity contribution in [2.45, 2.75) is 19.9 Å². The second-order valence-electron chi connectivity index (χ2n) is 4.17. The van der Waals surface area contributed by atoms with Crippen molar-refractivity contribution in [3.63, 3.8) is 0 Å². The predicted octanol–water partition coefficient (Wildman–Crippen LogP) is 2.60. The van der Waals surface area contributed by atoms with Crippen LogP contribution in [0.15, 0.2) is 35.9 Å². The third-order valence-electron chi connectivity index (χ3n) is 3.40. The van der Waals surface area contributed by atoms with Gasteiger partial charge in [0.2, 0.25) is 0 Å². The highest BCUT2D eigenvalue weighted by molar-refractivity contribution is 5.69. The summed E-state index contributed by atoms with van der Waals surface area (Å²) in [6.07, 6.45) is 0. The molecule has 2 heteroatoms. The van der Waals surface area contributed by atoms with Gasteiger partial charge in [-0.3, -0.25) is 0 Å². The number of hydrazine groups is 1. The Morgan fingerprint density at radius 1 is 1.07 bits per heavy atom. The standard InChI is InChI=1S/C13H18N2/c1-10-11(2)14(3)15(4)13(10)12-8-6-5-7-9-12/h5-9,11H,1-4H3. The normalized spacial score (nSPS) is 22.7. The molecular formula is C13H18N2. The average Bonchev–Trinajstić information content (AvgIpc) is 2.45. The van der Waals surface area contributed by atoms with E-state index in [1.165, 1.54) is 16.8 Å². The molecule has 80 valence electrons. The number of benzene rings is 1. The van der Waals surface area contributed by atoms with Crippen LogP contribution in [0.2, 0.25) is 0 Å². The van der Waals surface area contributed by atoms with Crippen molar-refractivity contribution in [3.8, 4) is 0 Å². The molecule has 0 radical (unpaired) electrons. The molecule has 2 rings (SSSR count). The number of rotatable bonds is 1. The molecule has 2 nitrogen and oxygen atoms in total. The van der Waals surface area contributed by atoms with Crippen LogP contribution < -0.4 is 0 Å². The molecule has 1 aromatic carbocycles. The minimum atomic E-state index is 0.491. The molecule has 0 aromatic heterocycles. The van der Waals surface area contributed by atoms with Crippen LogP contribution in [0.5, 0.6) is 0 Å². The monoisotopic (exact) mass is 202 g/mol. The Hall–Kier alpha value is -1.28. The molecule has 0 saturated carbocycles. The Bertz CT molecular complexity index is 381. The molecule has 15 heavy (non-hydrogen) atoms. The first-order valence-electron chi connectivity index (χ1n) is 5.35. The second-order valence-corrected chi connectivity index (χ2v) is 4.17. The van der Waals surface area contributed by atoms with Gasteiger partial charge in [0.05, 0.1) is 5.70 Å². The Morgan fingerprint density at radius 3 is 2.13 bits per heavy atom. The summed E-state index contributed by atoms with van der Waals surface area (Å²) in [5.41, 5.74) is 4.07. The Labute approximate surface area is 91.8 Å². The molecule has 1 unspecified atom stereocenters. The molecule has 1 atom stereocenters. The molecule has 0 spiro atoms. The Morgan fingerprint density at radius 2 is 1.67 bits per heavy atom. The zero-order valence-electron chi connectivity index (χ0n) is 9.86. The van der Waals surface area contributed by atoms with E-state index in [-0.39, 0.29) is 0 Å². The van der Waals surface area contributed by atoms with Crippen molar-refractivity contribution in [2.75, 3.05) is 14.1 Å². The quantitative estimate of drug-likeness (QED) is 0.690.